The zero-order chi connectivity index (χ0) is 12.6. The molecule has 1 heterocycles. The standard InChI is InChI=1S/C14H25N3/c1-5-6-12-16-11(9-14(2,3)4)13(15)17(12)10-7-8-10/h10H,5-9,15H2,1-4H3. The fourth-order valence-electron chi connectivity index (χ4n) is 2.32. The van der Waals surface area contributed by atoms with E-state index >= 15 is 0 Å². The van der Waals surface area contributed by atoms with Crippen LogP contribution in [0.4, 0.5) is 5.82 Å². The van der Waals surface area contributed by atoms with E-state index in [-0.39, 0.29) is 5.41 Å². The van der Waals surface area contributed by atoms with Crippen LogP contribution in [0.1, 0.15) is 64.5 Å². The second kappa shape index (κ2) is 4.35. The Hall–Kier alpha value is -0.990. The Morgan fingerprint density at radius 1 is 1.35 bits per heavy atom. The van der Waals surface area contributed by atoms with Gasteiger partial charge < -0.3 is 10.3 Å². The van der Waals surface area contributed by atoms with Crippen molar-refractivity contribution in [1.82, 2.24) is 9.55 Å². The van der Waals surface area contributed by atoms with Crippen molar-refractivity contribution in [3.63, 3.8) is 0 Å². The highest BCUT2D eigenvalue weighted by molar-refractivity contribution is 5.40. The molecule has 0 aliphatic heterocycles. The first-order valence-electron chi connectivity index (χ1n) is 6.78. The number of nitrogens with two attached hydrogens (primary N) is 1. The third-order valence-electron chi connectivity index (χ3n) is 3.18. The molecule has 17 heavy (non-hydrogen) atoms. The fourth-order valence-corrected chi connectivity index (χ4v) is 2.32. The van der Waals surface area contributed by atoms with Gasteiger partial charge in [0, 0.05) is 12.5 Å². The molecule has 0 atom stereocenters. The molecule has 3 nitrogen and oxygen atoms in total. The van der Waals surface area contributed by atoms with Gasteiger partial charge >= 0.3 is 0 Å². The van der Waals surface area contributed by atoms with Gasteiger partial charge in [-0.2, -0.15) is 0 Å². The second-order valence-corrected chi connectivity index (χ2v) is 6.45. The molecule has 1 saturated carbocycles. The van der Waals surface area contributed by atoms with Crippen molar-refractivity contribution < 1.29 is 0 Å². The minimum atomic E-state index is 0.250. The van der Waals surface area contributed by atoms with Gasteiger partial charge in [0.1, 0.15) is 11.6 Å². The molecule has 96 valence electrons. The molecular formula is C14H25N3. The van der Waals surface area contributed by atoms with Crippen LogP contribution in [0.5, 0.6) is 0 Å². The number of hydrogen-bond donors (Lipinski definition) is 1. The number of hydrogen-bond acceptors (Lipinski definition) is 2. The third-order valence-corrected chi connectivity index (χ3v) is 3.18. The minimum Gasteiger partial charge on any atom is -0.384 e. The molecule has 0 radical (unpaired) electrons. The Bertz CT molecular complexity index is 394. The van der Waals surface area contributed by atoms with Gasteiger partial charge in [0.15, 0.2) is 0 Å². The van der Waals surface area contributed by atoms with E-state index in [1.54, 1.807) is 0 Å². The summed E-state index contributed by atoms with van der Waals surface area (Å²) >= 11 is 0. The summed E-state index contributed by atoms with van der Waals surface area (Å²) in [7, 11) is 0. The predicted octanol–water partition coefficient (Wildman–Crippen LogP) is 3.34. The average molecular weight is 235 g/mol. The molecule has 1 aromatic rings. The number of aryl methyl sites for hydroxylation is 1. The summed E-state index contributed by atoms with van der Waals surface area (Å²) in [5.74, 6) is 2.12. The molecular weight excluding hydrogens is 210 g/mol. The van der Waals surface area contributed by atoms with Crippen LogP contribution in [0.25, 0.3) is 0 Å². The molecule has 0 amide bonds. The first-order chi connectivity index (χ1) is 7.92. The zero-order valence-electron chi connectivity index (χ0n) is 11.6. The summed E-state index contributed by atoms with van der Waals surface area (Å²) in [6.07, 6.45) is 5.69. The highest BCUT2D eigenvalue weighted by atomic mass is 15.2. The lowest BCUT2D eigenvalue weighted by molar-refractivity contribution is 0.407. The van der Waals surface area contributed by atoms with E-state index in [0.717, 1.165) is 30.8 Å². The number of rotatable bonds is 4. The Kier molecular flexibility index (Phi) is 3.19. The van der Waals surface area contributed by atoms with Crippen LogP contribution in [0.2, 0.25) is 0 Å². The fraction of sp³-hybridized carbons (Fsp3) is 0.786. The number of nitrogens with zero attached hydrogens (tertiary/aromatic N) is 2. The summed E-state index contributed by atoms with van der Waals surface area (Å²) in [4.78, 5) is 4.78. The van der Waals surface area contributed by atoms with E-state index in [4.69, 9.17) is 10.7 Å². The van der Waals surface area contributed by atoms with Crippen molar-refractivity contribution >= 4 is 5.82 Å². The van der Waals surface area contributed by atoms with Crippen molar-refractivity contribution in [3.8, 4) is 0 Å². The van der Waals surface area contributed by atoms with E-state index in [1.165, 1.54) is 18.7 Å². The summed E-state index contributed by atoms with van der Waals surface area (Å²) in [6, 6.07) is 0.637. The maximum absolute atomic E-state index is 6.28. The van der Waals surface area contributed by atoms with Crippen LogP contribution in [0, 0.1) is 5.41 Å². The molecule has 0 aromatic carbocycles. The summed E-state index contributed by atoms with van der Waals surface area (Å²) in [6.45, 7) is 8.91. The summed E-state index contributed by atoms with van der Waals surface area (Å²) < 4.78 is 2.30. The van der Waals surface area contributed by atoms with Gasteiger partial charge in [0.25, 0.3) is 0 Å². The normalized spacial score (nSPS) is 16.5. The average Bonchev–Trinajstić information content (AvgIpc) is 2.95. The molecule has 0 saturated heterocycles. The Labute approximate surface area is 104 Å². The zero-order valence-corrected chi connectivity index (χ0v) is 11.6. The molecule has 1 aliphatic rings. The topological polar surface area (TPSA) is 43.8 Å². The molecule has 0 bridgehead atoms. The van der Waals surface area contributed by atoms with Gasteiger partial charge in [-0.15, -0.1) is 0 Å². The van der Waals surface area contributed by atoms with Gasteiger partial charge in [-0.05, 0) is 31.1 Å². The number of anilines is 1. The molecule has 1 aromatic heterocycles. The number of aromatic nitrogens is 2. The molecule has 0 spiro atoms. The monoisotopic (exact) mass is 235 g/mol. The summed E-state index contributed by atoms with van der Waals surface area (Å²) in [5.41, 5.74) is 7.64. The first kappa shape index (κ1) is 12.5. The van der Waals surface area contributed by atoms with Crippen molar-refractivity contribution in [1.29, 1.82) is 0 Å². The maximum atomic E-state index is 6.28. The molecule has 1 aliphatic carbocycles. The SMILES string of the molecule is CCCc1nc(CC(C)(C)C)c(N)n1C1CC1. The molecule has 2 N–H and O–H groups in total. The molecule has 0 unspecified atom stereocenters. The van der Waals surface area contributed by atoms with E-state index in [0.29, 0.717) is 6.04 Å². The van der Waals surface area contributed by atoms with E-state index in [9.17, 15) is 0 Å². The largest absolute Gasteiger partial charge is 0.384 e. The predicted molar refractivity (Wildman–Crippen MR) is 72.1 cm³/mol. The van der Waals surface area contributed by atoms with Crippen LogP contribution in [0.15, 0.2) is 0 Å². The van der Waals surface area contributed by atoms with Gasteiger partial charge in [0.2, 0.25) is 0 Å². The highest BCUT2D eigenvalue weighted by Gasteiger charge is 2.30. The van der Waals surface area contributed by atoms with Crippen LogP contribution in [-0.2, 0) is 12.8 Å². The van der Waals surface area contributed by atoms with Gasteiger partial charge in [0.05, 0.1) is 5.69 Å². The third kappa shape index (κ3) is 2.82. The maximum Gasteiger partial charge on any atom is 0.127 e. The molecule has 2 rings (SSSR count). The van der Waals surface area contributed by atoms with Crippen LogP contribution in [-0.4, -0.2) is 9.55 Å². The van der Waals surface area contributed by atoms with Gasteiger partial charge in [-0.1, -0.05) is 27.7 Å². The van der Waals surface area contributed by atoms with E-state index in [2.05, 4.69) is 32.3 Å². The van der Waals surface area contributed by atoms with Crippen LogP contribution in [0.3, 0.4) is 0 Å². The Morgan fingerprint density at radius 2 is 2.00 bits per heavy atom. The Balaban J connectivity index is 2.30. The van der Waals surface area contributed by atoms with Crippen LogP contribution >= 0.6 is 0 Å². The van der Waals surface area contributed by atoms with Crippen molar-refractivity contribution in [2.45, 2.75) is 65.8 Å². The summed E-state index contributed by atoms with van der Waals surface area (Å²) in [5, 5.41) is 0. The quantitative estimate of drug-likeness (QED) is 0.869. The highest BCUT2D eigenvalue weighted by Crippen LogP contribution is 2.40. The number of imidazole rings is 1. The van der Waals surface area contributed by atoms with Crippen molar-refractivity contribution in [3.05, 3.63) is 11.5 Å². The van der Waals surface area contributed by atoms with Gasteiger partial charge in [-0.25, -0.2) is 4.98 Å². The minimum absolute atomic E-state index is 0.250. The van der Waals surface area contributed by atoms with E-state index < -0.39 is 0 Å². The second-order valence-electron chi connectivity index (χ2n) is 6.45. The smallest absolute Gasteiger partial charge is 0.127 e. The lowest BCUT2D eigenvalue weighted by Gasteiger charge is -2.16. The molecule has 3 heteroatoms. The van der Waals surface area contributed by atoms with Crippen molar-refractivity contribution in [2.24, 2.45) is 5.41 Å². The Morgan fingerprint density at radius 3 is 2.47 bits per heavy atom. The molecule has 1 fully saturated rings. The lowest BCUT2D eigenvalue weighted by Crippen LogP contribution is -2.11. The van der Waals surface area contributed by atoms with E-state index in [1.807, 2.05) is 0 Å². The van der Waals surface area contributed by atoms with Gasteiger partial charge in [-0.3, -0.25) is 0 Å². The van der Waals surface area contributed by atoms with Crippen molar-refractivity contribution in [2.75, 3.05) is 5.73 Å². The first-order valence-corrected chi connectivity index (χ1v) is 6.78. The number of nitrogen functional groups attached to an aromatic ring is 1. The lowest BCUT2D eigenvalue weighted by atomic mass is 9.90. The van der Waals surface area contributed by atoms with Crippen LogP contribution < -0.4 is 5.73 Å².